The molecule has 0 aromatic heterocycles. The number of carbonyl (C=O) groups excluding carboxylic acids is 1. The Morgan fingerprint density at radius 1 is 1.33 bits per heavy atom. The highest BCUT2D eigenvalue weighted by atomic mass is 32.2. The number of hydrogen-bond acceptors (Lipinski definition) is 5. The van der Waals surface area contributed by atoms with E-state index in [1.807, 2.05) is 0 Å². The van der Waals surface area contributed by atoms with Crippen LogP contribution in [0.3, 0.4) is 0 Å². The number of ether oxygens (including phenoxy) is 2. The SMILES string of the molecule is COCCCS(=O)(=O)NCCC(=O)OC. The number of esters is 1. The summed E-state index contributed by atoms with van der Waals surface area (Å²) in [5.41, 5.74) is 0. The lowest BCUT2D eigenvalue weighted by Crippen LogP contribution is -2.29. The summed E-state index contributed by atoms with van der Waals surface area (Å²) in [5, 5.41) is 0. The van der Waals surface area contributed by atoms with Crippen molar-refractivity contribution in [3.8, 4) is 0 Å². The van der Waals surface area contributed by atoms with E-state index in [9.17, 15) is 13.2 Å². The molecular weight excluding hydrogens is 222 g/mol. The molecule has 0 atom stereocenters. The molecule has 0 spiro atoms. The fourth-order valence-corrected chi connectivity index (χ4v) is 1.93. The molecule has 0 aromatic carbocycles. The largest absolute Gasteiger partial charge is 0.469 e. The number of carbonyl (C=O) groups is 1. The Morgan fingerprint density at radius 3 is 2.53 bits per heavy atom. The molecule has 0 radical (unpaired) electrons. The van der Waals surface area contributed by atoms with Crippen LogP contribution in [0.15, 0.2) is 0 Å². The maximum Gasteiger partial charge on any atom is 0.306 e. The molecular formula is C8H17NO5S. The minimum Gasteiger partial charge on any atom is -0.469 e. The van der Waals surface area contributed by atoms with Crippen molar-refractivity contribution in [1.82, 2.24) is 4.72 Å². The molecule has 0 amide bonds. The molecule has 7 heteroatoms. The molecule has 0 aromatic rings. The highest BCUT2D eigenvalue weighted by molar-refractivity contribution is 7.89. The van der Waals surface area contributed by atoms with Gasteiger partial charge in [0, 0.05) is 20.3 Å². The van der Waals surface area contributed by atoms with E-state index >= 15 is 0 Å². The maximum atomic E-state index is 11.3. The smallest absolute Gasteiger partial charge is 0.306 e. The van der Waals surface area contributed by atoms with Crippen LogP contribution >= 0.6 is 0 Å². The van der Waals surface area contributed by atoms with Gasteiger partial charge in [0.15, 0.2) is 0 Å². The molecule has 0 aliphatic carbocycles. The van der Waals surface area contributed by atoms with Gasteiger partial charge < -0.3 is 9.47 Å². The van der Waals surface area contributed by atoms with Crippen LogP contribution in [0.2, 0.25) is 0 Å². The molecule has 1 N–H and O–H groups in total. The molecule has 6 nitrogen and oxygen atoms in total. The van der Waals surface area contributed by atoms with Gasteiger partial charge in [0.1, 0.15) is 0 Å². The van der Waals surface area contributed by atoms with Crippen LogP contribution < -0.4 is 4.72 Å². The number of hydrogen-bond donors (Lipinski definition) is 1. The van der Waals surface area contributed by atoms with Crippen molar-refractivity contribution in [3.63, 3.8) is 0 Å². The average molecular weight is 239 g/mol. The van der Waals surface area contributed by atoms with Crippen molar-refractivity contribution < 1.29 is 22.7 Å². The van der Waals surface area contributed by atoms with E-state index < -0.39 is 16.0 Å². The van der Waals surface area contributed by atoms with Crippen LogP contribution in [0.25, 0.3) is 0 Å². The highest BCUT2D eigenvalue weighted by Crippen LogP contribution is 1.91. The van der Waals surface area contributed by atoms with Crippen molar-refractivity contribution in [3.05, 3.63) is 0 Å². The lowest BCUT2D eigenvalue weighted by Gasteiger charge is -2.05. The molecule has 0 aliphatic rings. The van der Waals surface area contributed by atoms with Crippen LogP contribution in [-0.2, 0) is 24.3 Å². The maximum absolute atomic E-state index is 11.3. The van der Waals surface area contributed by atoms with Gasteiger partial charge >= 0.3 is 5.97 Å². The summed E-state index contributed by atoms with van der Waals surface area (Å²) in [7, 11) is -0.525. The predicted octanol–water partition coefficient (Wildman–Crippen LogP) is -0.495. The van der Waals surface area contributed by atoms with Crippen LogP contribution in [0.5, 0.6) is 0 Å². The third-order valence-corrected chi connectivity index (χ3v) is 3.11. The highest BCUT2D eigenvalue weighted by Gasteiger charge is 2.10. The summed E-state index contributed by atoms with van der Waals surface area (Å²) in [5.74, 6) is -0.434. The lowest BCUT2D eigenvalue weighted by atomic mass is 10.4. The second kappa shape index (κ2) is 7.61. The van der Waals surface area contributed by atoms with Gasteiger partial charge in [0.25, 0.3) is 0 Å². The van der Waals surface area contributed by atoms with Crippen molar-refractivity contribution >= 4 is 16.0 Å². The Hall–Kier alpha value is -0.660. The third kappa shape index (κ3) is 8.34. The van der Waals surface area contributed by atoms with E-state index in [2.05, 4.69) is 9.46 Å². The fraction of sp³-hybridized carbons (Fsp3) is 0.875. The first-order chi connectivity index (χ1) is 7.02. The summed E-state index contributed by atoms with van der Waals surface area (Å²) in [6.07, 6.45) is 0.476. The predicted molar refractivity (Wildman–Crippen MR) is 54.9 cm³/mol. The Kier molecular flexibility index (Phi) is 7.27. The van der Waals surface area contributed by atoms with Crippen molar-refractivity contribution in [2.45, 2.75) is 12.8 Å². The van der Waals surface area contributed by atoms with E-state index in [0.717, 1.165) is 0 Å². The van der Waals surface area contributed by atoms with Crippen molar-refractivity contribution in [2.24, 2.45) is 0 Å². The Balaban J connectivity index is 3.70. The zero-order chi connectivity index (χ0) is 11.7. The third-order valence-electron chi connectivity index (χ3n) is 1.64. The van der Waals surface area contributed by atoms with Crippen molar-refractivity contribution in [2.75, 3.05) is 33.1 Å². The topological polar surface area (TPSA) is 81.7 Å². The van der Waals surface area contributed by atoms with Crippen molar-refractivity contribution in [1.29, 1.82) is 0 Å². The lowest BCUT2D eigenvalue weighted by molar-refractivity contribution is -0.140. The van der Waals surface area contributed by atoms with Crippen LogP contribution in [0.4, 0.5) is 0 Å². The fourth-order valence-electron chi connectivity index (χ4n) is 0.876. The van der Waals surface area contributed by atoms with Gasteiger partial charge in [-0.15, -0.1) is 0 Å². The molecule has 15 heavy (non-hydrogen) atoms. The molecule has 0 rings (SSSR count). The number of rotatable bonds is 8. The molecule has 0 aliphatic heterocycles. The summed E-state index contributed by atoms with van der Waals surface area (Å²) in [4.78, 5) is 10.7. The zero-order valence-electron chi connectivity index (χ0n) is 8.99. The molecule has 90 valence electrons. The van der Waals surface area contributed by atoms with Crippen LogP contribution in [-0.4, -0.2) is 47.5 Å². The first kappa shape index (κ1) is 14.3. The minimum atomic E-state index is -3.30. The van der Waals surface area contributed by atoms with Gasteiger partial charge in [-0.3, -0.25) is 4.79 Å². The standard InChI is InChI=1S/C8H17NO5S/c1-13-6-3-7-15(11,12)9-5-4-8(10)14-2/h9H,3-7H2,1-2H3. The van der Waals surface area contributed by atoms with E-state index in [1.165, 1.54) is 14.2 Å². The van der Waals surface area contributed by atoms with Crippen LogP contribution in [0.1, 0.15) is 12.8 Å². The average Bonchev–Trinajstić information content (AvgIpc) is 2.17. The second-order valence-electron chi connectivity index (χ2n) is 2.89. The Morgan fingerprint density at radius 2 is 2.00 bits per heavy atom. The summed E-state index contributed by atoms with van der Waals surface area (Å²) < 4.78 is 33.9. The monoisotopic (exact) mass is 239 g/mol. The molecule has 0 bridgehead atoms. The molecule has 0 heterocycles. The summed E-state index contributed by atoms with van der Waals surface area (Å²) >= 11 is 0. The zero-order valence-corrected chi connectivity index (χ0v) is 9.80. The van der Waals surface area contributed by atoms with E-state index in [1.54, 1.807) is 0 Å². The number of sulfonamides is 1. The van der Waals surface area contributed by atoms with Crippen LogP contribution in [0, 0.1) is 0 Å². The number of methoxy groups -OCH3 is 2. The Labute approximate surface area is 90.0 Å². The first-order valence-electron chi connectivity index (χ1n) is 4.55. The normalized spacial score (nSPS) is 11.3. The van der Waals surface area contributed by atoms with Gasteiger partial charge in [-0.1, -0.05) is 0 Å². The van der Waals surface area contributed by atoms with Gasteiger partial charge in [0.05, 0.1) is 19.3 Å². The van der Waals surface area contributed by atoms with E-state index in [-0.39, 0.29) is 18.7 Å². The van der Waals surface area contributed by atoms with E-state index in [4.69, 9.17) is 4.74 Å². The second-order valence-corrected chi connectivity index (χ2v) is 4.81. The molecule has 0 saturated heterocycles. The van der Waals surface area contributed by atoms with Gasteiger partial charge in [-0.05, 0) is 6.42 Å². The molecule has 0 fully saturated rings. The van der Waals surface area contributed by atoms with Gasteiger partial charge in [-0.25, -0.2) is 13.1 Å². The summed E-state index contributed by atoms with van der Waals surface area (Å²) in [6, 6.07) is 0. The minimum absolute atomic E-state index is 0.00200. The molecule has 0 unspecified atom stereocenters. The Bertz CT molecular complexity index is 275. The first-order valence-corrected chi connectivity index (χ1v) is 6.20. The quantitative estimate of drug-likeness (QED) is 0.456. The van der Waals surface area contributed by atoms with Gasteiger partial charge in [-0.2, -0.15) is 0 Å². The molecule has 0 saturated carbocycles. The van der Waals surface area contributed by atoms with Gasteiger partial charge in [0.2, 0.25) is 10.0 Å². The number of nitrogens with one attached hydrogen (secondary N) is 1. The van der Waals surface area contributed by atoms with E-state index in [0.29, 0.717) is 13.0 Å². The summed E-state index contributed by atoms with van der Waals surface area (Å²) in [6.45, 7) is 0.472.